The lowest BCUT2D eigenvalue weighted by Gasteiger charge is -2.23. The fraction of sp³-hybridized carbons (Fsp3) is 0.300. The third kappa shape index (κ3) is 5.18. The van der Waals surface area contributed by atoms with E-state index in [-0.39, 0.29) is 0 Å². The van der Waals surface area contributed by atoms with E-state index in [1.165, 1.54) is 0 Å². The third-order valence-electron chi connectivity index (χ3n) is 4.07. The molecule has 0 saturated heterocycles. The Bertz CT molecular complexity index is 856. The Kier molecular flexibility index (Phi) is 6.26. The Morgan fingerprint density at radius 2 is 2.04 bits per heavy atom. The SMILES string of the molecule is CCNC(=NCc1cnn(-c2ccccc2)c1)NCC(C)(O)c1cccs1. The number of hydrogen-bond acceptors (Lipinski definition) is 4. The van der Waals surface area contributed by atoms with Gasteiger partial charge in [-0.1, -0.05) is 24.3 Å². The van der Waals surface area contributed by atoms with Crippen LogP contribution >= 0.6 is 11.3 Å². The second kappa shape index (κ2) is 8.83. The number of hydrogen-bond donors (Lipinski definition) is 3. The summed E-state index contributed by atoms with van der Waals surface area (Å²) in [6, 6.07) is 13.9. The Balaban J connectivity index is 1.63. The number of nitrogens with zero attached hydrogens (tertiary/aromatic N) is 3. The zero-order valence-electron chi connectivity index (χ0n) is 15.6. The highest BCUT2D eigenvalue weighted by atomic mass is 32.1. The van der Waals surface area contributed by atoms with Crippen molar-refractivity contribution >= 4 is 17.3 Å². The van der Waals surface area contributed by atoms with Gasteiger partial charge in [-0.05, 0) is 37.4 Å². The van der Waals surface area contributed by atoms with Crippen LogP contribution in [0.15, 0.2) is 65.2 Å². The second-order valence-electron chi connectivity index (χ2n) is 6.43. The molecule has 0 saturated carbocycles. The number of para-hydroxylation sites is 1. The van der Waals surface area contributed by atoms with Gasteiger partial charge in [0.25, 0.3) is 0 Å². The predicted octanol–water partition coefficient (Wildman–Crippen LogP) is 2.90. The van der Waals surface area contributed by atoms with E-state index in [9.17, 15) is 5.11 Å². The van der Waals surface area contributed by atoms with Crippen LogP contribution in [0.5, 0.6) is 0 Å². The molecule has 0 bridgehead atoms. The minimum absolute atomic E-state index is 0.378. The van der Waals surface area contributed by atoms with Gasteiger partial charge in [0, 0.05) is 23.2 Å². The van der Waals surface area contributed by atoms with E-state index in [2.05, 4.69) is 20.7 Å². The summed E-state index contributed by atoms with van der Waals surface area (Å²) >= 11 is 1.54. The average molecular weight is 384 g/mol. The van der Waals surface area contributed by atoms with Crippen molar-refractivity contribution in [2.24, 2.45) is 4.99 Å². The van der Waals surface area contributed by atoms with Crippen molar-refractivity contribution in [2.45, 2.75) is 26.0 Å². The number of aromatic nitrogens is 2. The second-order valence-corrected chi connectivity index (χ2v) is 7.38. The molecular formula is C20H25N5OS. The number of nitrogens with one attached hydrogen (secondary N) is 2. The average Bonchev–Trinajstić information content (AvgIpc) is 3.37. The highest BCUT2D eigenvalue weighted by Crippen LogP contribution is 2.24. The lowest BCUT2D eigenvalue weighted by molar-refractivity contribution is 0.0655. The molecular weight excluding hydrogens is 358 g/mol. The van der Waals surface area contributed by atoms with E-state index in [4.69, 9.17) is 0 Å². The molecule has 1 aromatic carbocycles. The van der Waals surface area contributed by atoms with Gasteiger partial charge in [0.05, 0.1) is 25.0 Å². The maximum Gasteiger partial charge on any atom is 0.191 e. The fourth-order valence-corrected chi connectivity index (χ4v) is 3.39. The molecule has 0 fully saturated rings. The Morgan fingerprint density at radius 3 is 2.74 bits per heavy atom. The molecule has 0 amide bonds. The van der Waals surface area contributed by atoms with Crippen molar-refractivity contribution in [1.82, 2.24) is 20.4 Å². The molecule has 3 rings (SSSR count). The van der Waals surface area contributed by atoms with Crippen LogP contribution in [0.4, 0.5) is 0 Å². The van der Waals surface area contributed by atoms with Crippen molar-refractivity contribution < 1.29 is 5.11 Å². The predicted molar refractivity (Wildman–Crippen MR) is 110 cm³/mol. The first-order valence-corrected chi connectivity index (χ1v) is 9.84. The van der Waals surface area contributed by atoms with Gasteiger partial charge < -0.3 is 15.7 Å². The molecule has 27 heavy (non-hydrogen) atoms. The van der Waals surface area contributed by atoms with Gasteiger partial charge in [0.1, 0.15) is 5.60 Å². The zero-order chi connectivity index (χ0) is 19.1. The summed E-state index contributed by atoms with van der Waals surface area (Å²) in [7, 11) is 0. The highest BCUT2D eigenvalue weighted by molar-refractivity contribution is 7.10. The van der Waals surface area contributed by atoms with Crippen molar-refractivity contribution in [2.75, 3.05) is 13.1 Å². The van der Waals surface area contributed by atoms with Crippen molar-refractivity contribution in [1.29, 1.82) is 0 Å². The molecule has 142 valence electrons. The van der Waals surface area contributed by atoms with Gasteiger partial charge in [-0.2, -0.15) is 5.10 Å². The Morgan fingerprint density at radius 1 is 1.22 bits per heavy atom. The summed E-state index contributed by atoms with van der Waals surface area (Å²) in [6.45, 7) is 5.45. The van der Waals surface area contributed by atoms with Gasteiger partial charge in [0.15, 0.2) is 5.96 Å². The summed E-state index contributed by atoms with van der Waals surface area (Å²) in [6.07, 6.45) is 3.80. The Hall–Kier alpha value is -2.64. The summed E-state index contributed by atoms with van der Waals surface area (Å²) in [5, 5.41) is 23.5. The van der Waals surface area contributed by atoms with Crippen molar-refractivity contribution in [3.8, 4) is 5.69 Å². The molecule has 7 heteroatoms. The fourth-order valence-electron chi connectivity index (χ4n) is 2.60. The van der Waals surface area contributed by atoms with Gasteiger partial charge in [-0.3, -0.25) is 0 Å². The Labute approximate surface area is 163 Å². The molecule has 0 aliphatic carbocycles. The van der Waals surface area contributed by atoms with E-state index < -0.39 is 5.60 Å². The molecule has 0 spiro atoms. The molecule has 0 aliphatic heterocycles. The van der Waals surface area contributed by atoms with Crippen molar-refractivity contribution in [3.05, 3.63) is 70.7 Å². The van der Waals surface area contributed by atoms with Crippen LogP contribution < -0.4 is 10.6 Å². The quantitative estimate of drug-likeness (QED) is 0.433. The first-order valence-electron chi connectivity index (χ1n) is 8.96. The normalized spacial score (nSPS) is 14.0. The lowest BCUT2D eigenvalue weighted by Crippen LogP contribution is -2.44. The molecule has 3 N–H and O–H groups in total. The molecule has 1 atom stereocenters. The van der Waals surface area contributed by atoms with Gasteiger partial charge in [0.2, 0.25) is 0 Å². The van der Waals surface area contributed by atoms with Crippen LogP contribution in [0.25, 0.3) is 5.69 Å². The van der Waals surface area contributed by atoms with E-state index in [0.717, 1.165) is 22.7 Å². The molecule has 0 radical (unpaired) electrons. The maximum absolute atomic E-state index is 10.7. The first-order chi connectivity index (χ1) is 13.1. The van der Waals surface area contributed by atoms with Crippen molar-refractivity contribution in [3.63, 3.8) is 0 Å². The zero-order valence-corrected chi connectivity index (χ0v) is 16.4. The minimum atomic E-state index is -0.942. The monoisotopic (exact) mass is 383 g/mol. The number of thiophene rings is 1. The summed E-state index contributed by atoms with van der Waals surface area (Å²) in [5.74, 6) is 0.668. The first kappa shape index (κ1) is 19.1. The smallest absolute Gasteiger partial charge is 0.191 e. The van der Waals surface area contributed by atoms with Crippen LogP contribution in [-0.2, 0) is 12.1 Å². The summed E-state index contributed by atoms with van der Waals surface area (Å²) < 4.78 is 1.84. The van der Waals surface area contributed by atoms with Crippen LogP contribution in [0, 0.1) is 0 Å². The van der Waals surface area contributed by atoms with Crippen LogP contribution in [-0.4, -0.2) is 33.9 Å². The molecule has 1 unspecified atom stereocenters. The van der Waals surface area contributed by atoms with Crippen LogP contribution in [0.3, 0.4) is 0 Å². The van der Waals surface area contributed by atoms with E-state index in [0.29, 0.717) is 19.0 Å². The largest absolute Gasteiger partial charge is 0.383 e. The van der Waals surface area contributed by atoms with Crippen LogP contribution in [0.1, 0.15) is 24.3 Å². The molecule has 2 heterocycles. The summed E-state index contributed by atoms with van der Waals surface area (Å²) in [4.78, 5) is 5.53. The van der Waals surface area contributed by atoms with Gasteiger partial charge >= 0.3 is 0 Å². The number of benzene rings is 1. The molecule has 0 aliphatic rings. The van der Waals surface area contributed by atoms with Gasteiger partial charge in [-0.25, -0.2) is 9.67 Å². The van der Waals surface area contributed by atoms with Gasteiger partial charge in [-0.15, -0.1) is 11.3 Å². The molecule has 6 nitrogen and oxygen atoms in total. The summed E-state index contributed by atoms with van der Waals surface area (Å²) in [5.41, 5.74) is 1.09. The van der Waals surface area contributed by atoms with Crippen LogP contribution in [0.2, 0.25) is 0 Å². The number of aliphatic hydroxyl groups is 1. The van der Waals surface area contributed by atoms with E-state index in [1.54, 1.807) is 18.3 Å². The number of aliphatic imine (C=N–C) groups is 1. The standard InChI is InChI=1S/C20H25N5OS/c1-3-21-19(23-15-20(2,26)18-10-7-11-27-18)22-12-16-13-24-25(14-16)17-8-5-4-6-9-17/h4-11,13-14,26H,3,12,15H2,1-2H3,(H2,21,22,23). The molecule has 3 aromatic rings. The topological polar surface area (TPSA) is 74.5 Å². The maximum atomic E-state index is 10.7. The number of rotatable bonds is 7. The third-order valence-corrected chi connectivity index (χ3v) is 5.20. The number of guanidine groups is 1. The van der Waals surface area contributed by atoms with E-state index in [1.807, 2.05) is 71.8 Å². The molecule has 2 aromatic heterocycles. The minimum Gasteiger partial charge on any atom is -0.383 e. The van der Waals surface area contributed by atoms with E-state index >= 15 is 0 Å². The lowest BCUT2D eigenvalue weighted by atomic mass is 10.1. The highest BCUT2D eigenvalue weighted by Gasteiger charge is 2.24.